The molecule has 0 amide bonds. The van der Waals surface area contributed by atoms with Gasteiger partial charge in [-0.2, -0.15) is 13.2 Å². The van der Waals surface area contributed by atoms with E-state index in [9.17, 15) is 13.2 Å². The zero-order valence-corrected chi connectivity index (χ0v) is 13.9. The average molecular weight is 351 g/mol. The first-order chi connectivity index (χ1) is 12.0. The summed E-state index contributed by atoms with van der Waals surface area (Å²) in [7, 11) is 1.48. The number of ether oxygens (including phenoxy) is 1. The minimum Gasteiger partial charge on any atom is -0.496 e. The van der Waals surface area contributed by atoms with Crippen LogP contribution in [0.2, 0.25) is 0 Å². The van der Waals surface area contributed by atoms with Crippen LogP contribution in [-0.4, -0.2) is 23.1 Å². The lowest BCUT2D eigenvalue weighted by Crippen LogP contribution is -2.24. The molecule has 0 atom stereocenters. The van der Waals surface area contributed by atoms with E-state index >= 15 is 0 Å². The first kappa shape index (κ1) is 17.5. The molecule has 3 rings (SSSR count). The summed E-state index contributed by atoms with van der Waals surface area (Å²) in [5, 5.41) is 3.08. The molecule has 134 valence electrons. The number of methoxy groups -OCH3 is 1. The van der Waals surface area contributed by atoms with Crippen LogP contribution in [0.15, 0.2) is 30.3 Å². The van der Waals surface area contributed by atoms with Crippen molar-refractivity contribution in [2.75, 3.05) is 12.4 Å². The van der Waals surface area contributed by atoms with Gasteiger partial charge >= 0.3 is 6.18 Å². The van der Waals surface area contributed by atoms with Gasteiger partial charge in [0.1, 0.15) is 5.75 Å². The van der Waals surface area contributed by atoms with Crippen LogP contribution < -0.4 is 10.1 Å². The summed E-state index contributed by atoms with van der Waals surface area (Å²) in [5.41, 5.74) is -0.260. The van der Waals surface area contributed by atoms with Crippen molar-refractivity contribution in [2.24, 2.45) is 0 Å². The van der Waals surface area contributed by atoms with Crippen molar-refractivity contribution in [3.63, 3.8) is 0 Å². The van der Waals surface area contributed by atoms with Gasteiger partial charge in [-0.05, 0) is 31.0 Å². The van der Waals surface area contributed by atoms with Crippen LogP contribution in [0.5, 0.6) is 5.75 Å². The predicted molar refractivity (Wildman–Crippen MR) is 89.5 cm³/mol. The Balaban J connectivity index is 2.00. The molecule has 1 aliphatic rings. The van der Waals surface area contributed by atoms with E-state index in [4.69, 9.17) is 4.74 Å². The van der Waals surface area contributed by atoms with Crippen molar-refractivity contribution in [2.45, 2.75) is 44.3 Å². The summed E-state index contributed by atoms with van der Waals surface area (Å²) >= 11 is 0. The first-order valence-electron chi connectivity index (χ1n) is 8.33. The minimum atomic E-state index is -4.54. The Hall–Kier alpha value is -2.31. The number of para-hydroxylation sites is 1. The van der Waals surface area contributed by atoms with E-state index in [1.807, 2.05) is 0 Å². The van der Waals surface area contributed by atoms with Crippen LogP contribution >= 0.6 is 0 Å². The molecule has 1 aromatic heterocycles. The molecular formula is C18H20F3N3O. The van der Waals surface area contributed by atoms with Crippen molar-refractivity contribution in [3.05, 3.63) is 36.0 Å². The maximum atomic E-state index is 13.3. The van der Waals surface area contributed by atoms with E-state index in [2.05, 4.69) is 15.3 Å². The van der Waals surface area contributed by atoms with Gasteiger partial charge in [-0.1, -0.05) is 31.4 Å². The highest BCUT2D eigenvalue weighted by Gasteiger charge is 2.34. The number of rotatable bonds is 4. The largest absolute Gasteiger partial charge is 0.496 e. The van der Waals surface area contributed by atoms with Crippen LogP contribution in [0.4, 0.5) is 19.1 Å². The zero-order valence-electron chi connectivity index (χ0n) is 13.9. The number of aromatic nitrogens is 2. The Morgan fingerprint density at radius 1 is 1.08 bits per heavy atom. The van der Waals surface area contributed by atoms with Crippen molar-refractivity contribution >= 4 is 5.95 Å². The SMILES string of the molecule is COc1ccccc1-c1cc(C(F)(F)F)nc(NC2CCCCC2)n1. The molecule has 1 N–H and O–H groups in total. The van der Waals surface area contributed by atoms with Crippen LogP contribution in [0.3, 0.4) is 0 Å². The Kier molecular flexibility index (Phi) is 5.11. The Morgan fingerprint density at radius 3 is 2.48 bits per heavy atom. The number of anilines is 1. The summed E-state index contributed by atoms with van der Waals surface area (Å²) in [6.07, 6.45) is 0.593. The molecule has 0 bridgehead atoms. The van der Waals surface area contributed by atoms with Crippen molar-refractivity contribution in [3.8, 4) is 17.0 Å². The van der Waals surface area contributed by atoms with Crippen LogP contribution in [0.1, 0.15) is 37.8 Å². The highest BCUT2D eigenvalue weighted by Crippen LogP contribution is 2.34. The maximum absolute atomic E-state index is 13.3. The summed E-state index contributed by atoms with van der Waals surface area (Å²) in [4.78, 5) is 8.01. The standard InChI is InChI=1S/C18H20F3N3O/c1-25-15-10-6-5-9-13(15)14-11-16(18(19,20)21)24-17(23-14)22-12-7-3-2-4-8-12/h5-6,9-12H,2-4,7-8H2,1H3,(H,22,23,24). The fraction of sp³-hybridized carbons (Fsp3) is 0.444. The number of benzene rings is 1. The smallest absolute Gasteiger partial charge is 0.433 e. The van der Waals surface area contributed by atoms with Gasteiger partial charge in [-0.3, -0.25) is 0 Å². The van der Waals surface area contributed by atoms with Gasteiger partial charge in [0, 0.05) is 11.6 Å². The van der Waals surface area contributed by atoms with E-state index < -0.39 is 11.9 Å². The number of alkyl halides is 3. The third-order valence-electron chi connectivity index (χ3n) is 4.34. The lowest BCUT2D eigenvalue weighted by molar-refractivity contribution is -0.141. The second kappa shape index (κ2) is 7.29. The van der Waals surface area contributed by atoms with Crippen molar-refractivity contribution < 1.29 is 17.9 Å². The third-order valence-corrected chi connectivity index (χ3v) is 4.34. The molecule has 2 aromatic rings. The number of halogens is 3. The van der Waals surface area contributed by atoms with Gasteiger partial charge in [-0.25, -0.2) is 9.97 Å². The molecule has 0 radical (unpaired) electrons. The molecule has 1 fully saturated rings. The summed E-state index contributed by atoms with van der Waals surface area (Å²) in [6, 6.07) is 7.95. The lowest BCUT2D eigenvalue weighted by Gasteiger charge is -2.23. The van der Waals surface area contributed by atoms with Gasteiger partial charge in [0.05, 0.1) is 12.8 Å². The molecule has 0 saturated heterocycles. The molecule has 7 heteroatoms. The van der Waals surface area contributed by atoms with Gasteiger partial charge in [0.2, 0.25) is 5.95 Å². The fourth-order valence-corrected chi connectivity index (χ4v) is 3.08. The number of nitrogens with one attached hydrogen (secondary N) is 1. The Bertz CT molecular complexity index is 728. The molecule has 0 aliphatic heterocycles. The topological polar surface area (TPSA) is 47.0 Å². The maximum Gasteiger partial charge on any atom is 0.433 e. The zero-order chi connectivity index (χ0) is 17.9. The number of hydrogen-bond acceptors (Lipinski definition) is 4. The van der Waals surface area contributed by atoms with Crippen LogP contribution in [0, 0.1) is 0 Å². The van der Waals surface area contributed by atoms with E-state index in [1.165, 1.54) is 7.11 Å². The summed E-state index contributed by atoms with van der Waals surface area (Å²) in [5.74, 6) is 0.487. The summed E-state index contributed by atoms with van der Waals surface area (Å²) < 4.78 is 45.1. The molecule has 1 aromatic carbocycles. The van der Waals surface area contributed by atoms with Gasteiger partial charge in [0.15, 0.2) is 5.69 Å². The number of hydrogen-bond donors (Lipinski definition) is 1. The first-order valence-corrected chi connectivity index (χ1v) is 8.33. The summed E-state index contributed by atoms with van der Waals surface area (Å²) in [6.45, 7) is 0. The Morgan fingerprint density at radius 2 is 1.80 bits per heavy atom. The Labute approximate surface area is 144 Å². The number of nitrogens with zero attached hydrogens (tertiary/aromatic N) is 2. The molecule has 1 heterocycles. The van der Waals surface area contributed by atoms with Gasteiger partial charge < -0.3 is 10.1 Å². The lowest BCUT2D eigenvalue weighted by atomic mass is 9.96. The molecule has 0 spiro atoms. The molecular weight excluding hydrogens is 331 g/mol. The fourth-order valence-electron chi connectivity index (χ4n) is 3.08. The second-order valence-corrected chi connectivity index (χ2v) is 6.14. The second-order valence-electron chi connectivity index (χ2n) is 6.14. The minimum absolute atomic E-state index is 0.0163. The molecule has 0 unspecified atom stereocenters. The van der Waals surface area contributed by atoms with E-state index in [-0.39, 0.29) is 17.7 Å². The van der Waals surface area contributed by atoms with Crippen LogP contribution in [-0.2, 0) is 6.18 Å². The van der Waals surface area contributed by atoms with Crippen molar-refractivity contribution in [1.29, 1.82) is 0 Å². The third kappa shape index (κ3) is 4.21. The van der Waals surface area contributed by atoms with E-state index in [1.54, 1.807) is 24.3 Å². The average Bonchev–Trinajstić information content (AvgIpc) is 2.61. The molecule has 1 aliphatic carbocycles. The molecule has 1 saturated carbocycles. The highest BCUT2D eigenvalue weighted by molar-refractivity contribution is 5.68. The van der Waals surface area contributed by atoms with Crippen LogP contribution in [0.25, 0.3) is 11.3 Å². The van der Waals surface area contributed by atoms with E-state index in [0.717, 1.165) is 38.2 Å². The van der Waals surface area contributed by atoms with E-state index in [0.29, 0.717) is 11.3 Å². The quantitative estimate of drug-likeness (QED) is 0.850. The van der Waals surface area contributed by atoms with Crippen molar-refractivity contribution in [1.82, 2.24) is 9.97 Å². The molecule has 4 nitrogen and oxygen atoms in total. The predicted octanol–water partition coefficient (Wildman–Crippen LogP) is 4.92. The van der Waals surface area contributed by atoms with Gasteiger partial charge in [0.25, 0.3) is 0 Å². The monoisotopic (exact) mass is 351 g/mol. The van der Waals surface area contributed by atoms with Gasteiger partial charge in [-0.15, -0.1) is 0 Å². The highest BCUT2D eigenvalue weighted by atomic mass is 19.4. The normalized spacial score (nSPS) is 15.8. The molecule has 25 heavy (non-hydrogen) atoms.